The molecule has 0 saturated carbocycles. The minimum absolute atomic E-state index is 0.140. The average molecular weight is 513 g/mol. The number of fused-ring (bicyclic) bond motifs is 1. The Kier molecular flexibility index (Phi) is 9.89. The Hall–Kier alpha value is -3.16. The van der Waals surface area contributed by atoms with E-state index >= 15 is 0 Å². The van der Waals surface area contributed by atoms with Gasteiger partial charge in [-0.25, -0.2) is 9.78 Å². The van der Waals surface area contributed by atoms with Gasteiger partial charge in [-0.05, 0) is 62.0 Å². The van der Waals surface area contributed by atoms with E-state index in [9.17, 15) is 14.4 Å². The predicted octanol–water partition coefficient (Wildman–Crippen LogP) is 4.80. The summed E-state index contributed by atoms with van der Waals surface area (Å²) >= 11 is 0. The summed E-state index contributed by atoms with van der Waals surface area (Å²) in [5.74, 6) is -0.199. The van der Waals surface area contributed by atoms with Gasteiger partial charge in [-0.3, -0.25) is 9.59 Å². The zero-order chi connectivity index (χ0) is 27.1. The Morgan fingerprint density at radius 1 is 1.08 bits per heavy atom. The van der Waals surface area contributed by atoms with Gasteiger partial charge in [0.25, 0.3) is 0 Å². The monoisotopic (exact) mass is 512 g/mol. The molecule has 8 nitrogen and oxygen atoms in total. The van der Waals surface area contributed by atoms with Crippen molar-refractivity contribution in [3.05, 3.63) is 48.1 Å². The lowest BCUT2D eigenvalue weighted by molar-refractivity contribution is -0.164. The zero-order valence-electron chi connectivity index (χ0n) is 22.8. The molecule has 8 heteroatoms. The highest BCUT2D eigenvalue weighted by Crippen LogP contribution is 2.45. The molecule has 202 valence electrons. The fourth-order valence-corrected chi connectivity index (χ4v) is 5.63. The van der Waals surface area contributed by atoms with Crippen LogP contribution in [0, 0.1) is 23.7 Å². The van der Waals surface area contributed by atoms with Gasteiger partial charge in [-0.2, -0.15) is 0 Å². The van der Waals surface area contributed by atoms with E-state index in [0.717, 1.165) is 6.42 Å². The van der Waals surface area contributed by atoms with Crippen LogP contribution in [0.15, 0.2) is 42.4 Å². The molecule has 0 N–H and O–H groups in total. The molecule has 0 aromatic carbocycles. The second-order valence-corrected chi connectivity index (χ2v) is 10.6. The van der Waals surface area contributed by atoms with Gasteiger partial charge in [0, 0.05) is 39.6 Å². The van der Waals surface area contributed by atoms with Crippen molar-refractivity contribution in [1.82, 2.24) is 9.55 Å². The van der Waals surface area contributed by atoms with Crippen LogP contribution < -0.4 is 0 Å². The molecule has 0 radical (unpaired) electrons. The quantitative estimate of drug-likeness (QED) is 0.234. The van der Waals surface area contributed by atoms with E-state index in [1.54, 1.807) is 18.5 Å². The van der Waals surface area contributed by atoms with Gasteiger partial charge in [0.1, 0.15) is 12.2 Å². The van der Waals surface area contributed by atoms with E-state index in [1.165, 1.54) is 25.5 Å². The third-order valence-corrected chi connectivity index (χ3v) is 7.35. The van der Waals surface area contributed by atoms with Crippen LogP contribution >= 0.6 is 0 Å². The first-order chi connectivity index (χ1) is 17.5. The number of allylic oxidation sites excluding steroid dienone is 2. The first-order valence-electron chi connectivity index (χ1n) is 13.1. The first-order valence-corrected chi connectivity index (χ1v) is 13.1. The Balaban J connectivity index is 1.91. The number of aryl methyl sites for hydroxylation is 1. The van der Waals surface area contributed by atoms with Gasteiger partial charge in [-0.1, -0.05) is 31.6 Å². The van der Waals surface area contributed by atoms with Crippen LogP contribution in [0.3, 0.4) is 0 Å². The number of carbonyl (C=O) groups is 3. The highest BCUT2D eigenvalue weighted by molar-refractivity contribution is 5.86. The van der Waals surface area contributed by atoms with Crippen molar-refractivity contribution < 1.29 is 28.6 Å². The van der Waals surface area contributed by atoms with Crippen LogP contribution in [0.1, 0.15) is 66.0 Å². The topological polar surface area (TPSA) is 96.7 Å². The van der Waals surface area contributed by atoms with Crippen LogP contribution in [0.2, 0.25) is 0 Å². The maximum atomic E-state index is 12.7. The Morgan fingerprint density at radius 2 is 1.81 bits per heavy atom. The highest BCUT2D eigenvalue weighted by atomic mass is 16.6. The molecular formula is C29H40N2O6. The normalized spacial score (nSPS) is 28.4. The Bertz CT molecular complexity index is 1050. The number of hydrogen-bond donors (Lipinski definition) is 0. The second kappa shape index (κ2) is 12.9. The van der Waals surface area contributed by atoms with Gasteiger partial charge in [0.05, 0.1) is 12.0 Å². The third kappa shape index (κ3) is 8.17. The van der Waals surface area contributed by atoms with Gasteiger partial charge in [-0.15, -0.1) is 0 Å². The van der Waals surface area contributed by atoms with E-state index in [1.807, 2.05) is 23.9 Å². The number of imidazole rings is 1. The summed E-state index contributed by atoms with van der Waals surface area (Å²) in [5.41, 5.74) is 1.93. The minimum atomic E-state index is -0.709. The molecule has 0 spiro atoms. The summed E-state index contributed by atoms with van der Waals surface area (Å²) in [6, 6.07) is 0. The number of hydrogen-bond acceptors (Lipinski definition) is 7. The maximum absolute atomic E-state index is 12.7. The zero-order valence-corrected chi connectivity index (χ0v) is 22.8. The minimum Gasteiger partial charge on any atom is -0.459 e. The summed E-state index contributed by atoms with van der Waals surface area (Å²) < 4.78 is 19.1. The van der Waals surface area contributed by atoms with E-state index < -0.39 is 30.1 Å². The van der Waals surface area contributed by atoms with Gasteiger partial charge < -0.3 is 18.8 Å². The average Bonchev–Trinajstić information content (AvgIpc) is 3.22. The summed E-state index contributed by atoms with van der Waals surface area (Å²) in [7, 11) is 1.87. The van der Waals surface area contributed by atoms with Crippen molar-refractivity contribution in [3.63, 3.8) is 0 Å². The van der Waals surface area contributed by atoms with E-state index in [2.05, 4.69) is 31.8 Å². The molecule has 3 rings (SSSR count). The van der Waals surface area contributed by atoms with Crippen molar-refractivity contribution in [3.8, 4) is 0 Å². The number of nitrogens with zero attached hydrogens (tertiary/aromatic N) is 2. The van der Waals surface area contributed by atoms with Crippen molar-refractivity contribution >= 4 is 24.0 Å². The maximum Gasteiger partial charge on any atom is 0.331 e. The van der Waals surface area contributed by atoms with Crippen molar-refractivity contribution in [2.24, 2.45) is 30.7 Å². The SMILES string of the molecule is CC(=O)OC1C=CCC(OC(=O)C=Cc2cn(C)cn2)CC2C(C)=CCC(C(C)C)C2CC1OC(C)=O. The smallest absolute Gasteiger partial charge is 0.331 e. The van der Waals surface area contributed by atoms with Crippen LogP contribution in [0.5, 0.6) is 0 Å². The molecule has 0 bridgehead atoms. The molecule has 2 aliphatic rings. The van der Waals surface area contributed by atoms with Gasteiger partial charge in [0.15, 0.2) is 6.10 Å². The van der Waals surface area contributed by atoms with Gasteiger partial charge in [0.2, 0.25) is 0 Å². The van der Waals surface area contributed by atoms with Crippen molar-refractivity contribution in [2.45, 2.75) is 78.6 Å². The number of aromatic nitrogens is 2. The first kappa shape index (κ1) is 28.4. The molecular weight excluding hydrogens is 472 g/mol. The molecule has 0 aliphatic heterocycles. The fourth-order valence-electron chi connectivity index (χ4n) is 5.63. The number of rotatable bonds is 6. The lowest BCUT2D eigenvalue weighted by atomic mass is 9.64. The molecule has 1 aromatic rings. The Labute approximate surface area is 219 Å². The second-order valence-electron chi connectivity index (χ2n) is 10.6. The van der Waals surface area contributed by atoms with E-state index in [4.69, 9.17) is 14.2 Å². The molecule has 1 heterocycles. The molecule has 1 aromatic heterocycles. The summed E-state index contributed by atoms with van der Waals surface area (Å²) in [6.45, 7) is 9.27. The summed E-state index contributed by atoms with van der Waals surface area (Å²) in [5, 5.41) is 0. The Morgan fingerprint density at radius 3 is 2.43 bits per heavy atom. The fraction of sp³-hybridized carbons (Fsp3) is 0.586. The molecule has 0 amide bonds. The summed E-state index contributed by atoms with van der Waals surface area (Å²) in [4.78, 5) is 40.9. The van der Waals surface area contributed by atoms with Crippen LogP contribution in [0.25, 0.3) is 6.08 Å². The molecule has 6 atom stereocenters. The largest absolute Gasteiger partial charge is 0.459 e. The van der Waals surface area contributed by atoms with Crippen LogP contribution in [0.4, 0.5) is 0 Å². The van der Waals surface area contributed by atoms with E-state index in [0.29, 0.717) is 36.8 Å². The lowest BCUT2D eigenvalue weighted by Crippen LogP contribution is -2.41. The molecule has 37 heavy (non-hydrogen) atoms. The van der Waals surface area contributed by atoms with Crippen LogP contribution in [-0.2, 0) is 35.6 Å². The van der Waals surface area contributed by atoms with Gasteiger partial charge >= 0.3 is 17.9 Å². The highest BCUT2D eigenvalue weighted by Gasteiger charge is 2.41. The van der Waals surface area contributed by atoms with Crippen molar-refractivity contribution in [2.75, 3.05) is 0 Å². The third-order valence-electron chi connectivity index (χ3n) is 7.35. The van der Waals surface area contributed by atoms with E-state index in [-0.39, 0.29) is 17.9 Å². The summed E-state index contributed by atoms with van der Waals surface area (Å²) in [6.07, 6.45) is 13.4. The molecule has 0 saturated heterocycles. The molecule has 2 aliphatic carbocycles. The lowest BCUT2D eigenvalue weighted by Gasteiger charge is -2.43. The van der Waals surface area contributed by atoms with Crippen molar-refractivity contribution in [1.29, 1.82) is 0 Å². The predicted molar refractivity (Wildman–Crippen MR) is 140 cm³/mol. The molecule has 0 fully saturated rings. The number of ether oxygens (including phenoxy) is 3. The number of esters is 3. The molecule has 6 unspecified atom stereocenters. The number of carbonyl (C=O) groups excluding carboxylic acids is 3. The van der Waals surface area contributed by atoms with Crippen LogP contribution in [-0.4, -0.2) is 45.8 Å². The standard InChI is InChI=1S/C29H40N2O6/c1-18(2)24-12-10-19(3)25-14-23(37-29(34)13-11-22-16-31(6)17-30-22)8-7-9-27(35-20(4)32)28(15-26(24)25)36-21(5)33/h7,9-11,13,16-18,23-28H,8,12,14-15H2,1-6H3.